The second-order valence-corrected chi connectivity index (χ2v) is 10.2. The molecule has 5 heteroatoms. The number of hydrogen-bond donors (Lipinski definition) is 1. The number of carbonyl (C=O) groups excluding carboxylic acids is 2. The number of aromatic nitrogens is 1. The molecule has 0 radical (unpaired) electrons. The fraction of sp³-hybridized carbons (Fsp3) is 0.222. The molecule has 0 aliphatic rings. The van der Waals surface area contributed by atoms with Crippen LogP contribution in [-0.2, 0) is 22.4 Å². The Morgan fingerprint density at radius 3 is 2.15 bits per heavy atom. The van der Waals surface area contributed by atoms with Gasteiger partial charge in [0.05, 0.1) is 6.61 Å². The second-order valence-electron chi connectivity index (χ2n) is 10.2. The third kappa shape index (κ3) is 6.58. The predicted octanol–water partition coefficient (Wildman–Crippen LogP) is 7.52. The van der Waals surface area contributed by atoms with Gasteiger partial charge in [0.25, 0.3) is 5.91 Å². The smallest absolute Gasteiger partial charge is 0.328 e. The molecule has 0 fully saturated rings. The predicted molar refractivity (Wildman–Crippen MR) is 165 cm³/mol. The van der Waals surface area contributed by atoms with Gasteiger partial charge in [-0.2, -0.15) is 0 Å². The topological polar surface area (TPSA) is 59.8 Å². The van der Waals surface area contributed by atoms with E-state index in [-0.39, 0.29) is 12.5 Å². The highest BCUT2D eigenvalue weighted by Crippen LogP contribution is 2.32. The number of ether oxygens (including phenoxy) is 1. The Morgan fingerprint density at radius 1 is 0.805 bits per heavy atom. The number of carbonyl (C=O) groups is 2. The zero-order valence-electron chi connectivity index (χ0n) is 23.7. The maximum Gasteiger partial charge on any atom is 0.328 e. The minimum absolute atomic E-state index is 0.259. The largest absolute Gasteiger partial charge is 0.464 e. The first-order valence-electron chi connectivity index (χ1n) is 14.4. The second kappa shape index (κ2) is 13.1. The van der Waals surface area contributed by atoms with Crippen LogP contribution in [0.3, 0.4) is 0 Å². The number of aryl methyl sites for hydroxylation is 1. The molecule has 41 heavy (non-hydrogen) atoms. The van der Waals surface area contributed by atoms with Gasteiger partial charge in [0.2, 0.25) is 0 Å². The fourth-order valence-electron chi connectivity index (χ4n) is 5.23. The van der Waals surface area contributed by atoms with Crippen LogP contribution in [0.5, 0.6) is 0 Å². The van der Waals surface area contributed by atoms with Crippen molar-refractivity contribution in [3.05, 3.63) is 126 Å². The number of nitrogens with zero attached hydrogens (tertiary/aromatic N) is 1. The van der Waals surface area contributed by atoms with Crippen LogP contribution >= 0.6 is 0 Å². The highest BCUT2D eigenvalue weighted by atomic mass is 16.5. The van der Waals surface area contributed by atoms with Crippen molar-refractivity contribution in [2.45, 2.75) is 45.6 Å². The molecule has 1 unspecified atom stereocenters. The lowest BCUT2D eigenvalue weighted by molar-refractivity contribution is -0.145. The monoisotopic (exact) mass is 544 g/mol. The first-order valence-corrected chi connectivity index (χ1v) is 14.4. The molecule has 0 spiro atoms. The molecule has 5 rings (SSSR count). The van der Waals surface area contributed by atoms with Gasteiger partial charge in [0.1, 0.15) is 6.04 Å². The zero-order chi connectivity index (χ0) is 28.6. The first-order chi connectivity index (χ1) is 20.1. The van der Waals surface area contributed by atoms with Crippen LogP contribution in [0.1, 0.15) is 48.2 Å². The summed E-state index contributed by atoms with van der Waals surface area (Å²) in [5.41, 5.74) is 8.68. The molecule has 2 aromatic heterocycles. The molecule has 5 aromatic rings. The number of fused-ring (bicyclic) bond motifs is 1. The standard InChI is InChI=1S/C36H36N2O3/c1-3-5-13-31-32(25-38-23-10-9-14-34(31)38)29-19-15-27(16-20-29)28-17-21-30(22-18-28)35(39)37-33(36(40)41-4-2)24-26-11-7-6-8-12-26/h6-12,14-23,25,33H,3-5,13,24H2,1-2H3,(H,37,39). The van der Waals surface area contributed by atoms with Crippen molar-refractivity contribution in [3.63, 3.8) is 0 Å². The number of rotatable bonds is 11. The third-order valence-electron chi connectivity index (χ3n) is 7.41. The summed E-state index contributed by atoms with van der Waals surface area (Å²) < 4.78 is 7.43. The third-order valence-corrected chi connectivity index (χ3v) is 7.41. The van der Waals surface area contributed by atoms with E-state index >= 15 is 0 Å². The summed E-state index contributed by atoms with van der Waals surface area (Å²) in [6.07, 6.45) is 8.08. The van der Waals surface area contributed by atoms with Crippen LogP contribution in [0.2, 0.25) is 0 Å². The summed E-state index contributed by atoms with van der Waals surface area (Å²) >= 11 is 0. The molecule has 0 aliphatic carbocycles. The van der Waals surface area contributed by atoms with E-state index in [0.717, 1.165) is 36.0 Å². The SMILES string of the molecule is CCCCc1c(-c2ccc(-c3ccc(C(=O)NC(Cc4ccccc4)C(=O)OCC)cc3)cc2)cn2ccccc12. The Bertz CT molecular complexity index is 1600. The fourth-order valence-corrected chi connectivity index (χ4v) is 5.23. The van der Waals surface area contributed by atoms with E-state index in [1.807, 2.05) is 42.5 Å². The Kier molecular flexibility index (Phi) is 8.95. The number of benzene rings is 3. The van der Waals surface area contributed by atoms with E-state index in [9.17, 15) is 9.59 Å². The van der Waals surface area contributed by atoms with Gasteiger partial charge in [-0.05, 0) is 71.8 Å². The lowest BCUT2D eigenvalue weighted by Crippen LogP contribution is -2.43. The van der Waals surface area contributed by atoms with Crippen LogP contribution < -0.4 is 5.32 Å². The summed E-state index contributed by atoms with van der Waals surface area (Å²) in [6, 6.07) is 31.3. The van der Waals surface area contributed by atoms with Crippen molar-refractivity contribution < 1.29 is 14.3 Å². The average Bonchev–Trinajstić information content (AvgIpc) is 3.39. The molecule has 3 aromatic carbocycles. The minimum Gasteiger partial charge on any atom is -0.464 e. The van der Waals surface area contributed by atoms with E-state index in [1.54, 1.807) is 19.1 Å². The molecule has 0 saturated heterocycles. The van der Waals surface area contributed by atoms with Crippen molar-refractivity contribution in [3.8, 4) is 22.3 Å². The molecule has 1 N–H and O–H groups in total. The Hall–Kier alpha value is -4.64. The van der Waals surface area contributed by atoms with Gasteiger partial charge in [-0.3, -0.25) is 4.79 Å². The van der Waals surface area contributed by atoms with Gasteiger partial charge in [-0.1, -0.05) is 86.1 Å². The Morgan fingerprint density at radius 2 is 1.46 bits per heavy atom. The van der Waals surface area contributed by atoms with Gasteiger partial charge < -0.3 is 14.5 Å². The van der Waals surface area contributed by atoms with E-state index in [0.29, 0.717) is 12.0 Å². The van der Waals surface area contributed by atoms with E-state index < -0.39 is 12.0 Å². The lowest BCUT2D eigenvalue weighted by Gasteiger charge is -2.17. The molecule has 1 atom stereocenters. The van der Waals surface area contributed by atoms with Crippen LogP contribution in [0.15, 0.2) is 109 Å². The van der Waals surface area contributed by atoms with E-state index in [4.69, 9.17) is 4.74 Å². The van der Waals surface area contributed by atoms with Crippen molar-refractivity contribution in [1.82, 2.24) is 9.72 Å². The van der Waals surface area contributed by atoms with E-state index in [1.165, 1.54) is 22.2 Å². The summed E-state index contributed by atoms with van der Waals surface area (Å²) in [4.78, 5) is 25.6. The summed E-state index contributed by atoms with van der Waals surface area (Å²) in [5.74, 6) is -0.739. The maximum absolute atomic E-state index is 13.1. The van der Waals surface area contributed by atoms with Crippen LogP contribution in [0.4, 0.5) is 0 Å². The Labute approximate surface area is 241 Å². The number of nitrogens with one attached hydrogen (secondary N) is 1. The summed E-state index contributed by atoms with van der Waals surface area (Å²) in [6.45, 7) is 4.25. The molecule has 0 aliphatic heterocycles. The number of unbranched alkanes of at least 4 members (excludes halogenated alkanes) is 1. The van der Waals surface area contributed by atoms with Crippen molar-refractivity contribution in [2.75, 3.05) is 6.61 Å². The zero-order valence-corrected chi connectivity index (χ0v) is 23.7. The minimum atomic E-state index is -0.759. The quantitative estimate of drug-likeness (QED) is 0.175. The van der Waals surface area contributed by atoms with E-state index in [2.05, 4.69) is 71.5 Å². The Balaban J connectivity index is 1.31. The summed E-state index contributed by atoms with van der Waals surface area (Å²) in [5, 5.41) is 2.87. The number of hydrogen-bond acceptors (Lipinski definition) is 3. The molecular formula is C36H36N2O3. The number of esters is 1. The maximum atomic E-state index is 13.1. The van der Waals surface area contributed by atoms with Crippen LogP contribution in [-0.4, -0.2) is 28.9 Å². The van der Waals surface area contributed by atoms with Crippen molar-refractivity contribution >= 4 is 17.4 Å². The molecule has 0 bridgehead atoms. The molecule has 1 amide bonds. The lowest BCUT2D eigenvalue weighted by atomic mass is 9.96. The highest BCUT2D eigenvalue weighted by Gasteiger charge is 2.23. The summed E-state index contributed by atoms with van der Waals surface area (Å²) in [7, 11) is 0. The van der Waals surface area contributed by atoms with Crippen molar-refractivity contribution in [1.29, 1.82) is 0 Å². The van der Waals surface area contributed by atoms with Crippen LogP contribution in [0.25, 0.3) is 27.8 Å². The molecule has 2 heterocycles. The van der Waals surface area contributed by atoms with Gasteiger partial charge >= 0.3 is 5.97 Å². The van der Waals surface area contributed by atoms with Gasteiger partial charge in [-0.25, -0.2) is 4.79 Å². The van der Waals surface area contributed by atoms with Gasteiger partial charge in [0.15, 0.2) is 0 Å². The van der Waals surface area contributed by atoms with Crippen LogP contribution in [0, 0.1) is 0 Å². The molecule has 5 nitrogen and oxygen atoms in total. The normalized spacial score (nSPS) is 11.8. The highest BCUT2D eigenvalue weighted by molar-refractivity contribution is 5.97. The average molecular weight is 545 g/mol. The van der Waals surface area contributed by atoms with Crippen molar-refractivity contribution in [2.24, 2.45) is 0 Å². The molecule has 0 saturated carbocycles. The molecule has 208 valence electrons. The van der Waals surface area contributed by atoms with Gasteiger partial charge in [0, 0.05) is 35.5 Å². The van der Waals surface area contributed by atoms with Gasteiger partial charge in [-0.15, -0.1) is 0 Å². The number of pyridine rings is 1. The molecular weight excluding hydrogens is 508 g/mol. The first kappa shape index (κ1) is 27.9. The number of amides is 1.